The predicted molar refractivity (Wildman–Crippen MR) is 84.3 cm³/mol. The van der Waals surface area contributed by atoms with Crippen LogP contribution in [0.4, 0.5) is 0 Å². The summed E-state index contributed by atoms with van der Waals surface area (Å²) in [7, 11) is 0. The molecule has 1 aliphatic carbocycles. The molecular formula is C16H23N3S. The Balaban J connectivity index is 2.06. The van der Waals surface area contributed by atoms with E-state index < -0.39 is 0 Å². The van der Waals surface area contributed by atoms with Gasteiger partial charge in [0.15, 0.2) is 0 Å². The van der Waals surface area contributed by atoms with Gasteiger partial charge in [-0.3, -0.25) is 0 Å². The zero-order chi connectivity index (χ0) is 14.1. The highest BCUT2D eigenvalue weighted by atomic mass is 32.1. The number of thiophene rings is 1. The molecule has 2 atom stereocenters. The molecule has 0 spiro atoms. The monoisotopic (exact) mass is 289 g/mol. The minimum atomic E-state index is 0.146. The number of nitrogens with zero attached hydrogens (tertiary/aromatic N) is 2. The third kappa shape index (κ3) is 2.31. The van der Waals surface area contributed by atoms with E-state index in [1.165, 1.54) is 34.7 Å². The largest absolute Gasteiger partial charge is 0.326 e. The second-order valence-electron chi connectivity index (χ2n) is 5.74. The number of aryl methyl sites for hydroxylation is 2. The Labute approximate surface area is 124 Å². The molecule has 2 N–H and O–H groups in total. The summed E-state index contributed by atoms with van der Waals surface area (Å²) in [6.45, 7) is 4.36. The molecule has 2 unspecified atom stereocenters. The molecule has 0 saturated heterocycles. The van der Waals surface area contributed by atoms with Crippen molar-refractivity contribution >= 4 is 11.3 Å². The molecule has 0 saturated carbocycles. The summed E-state index contributed by atoms with van der Waals surface area (Å²) in [4.78, 5) is 6.04. The van der Waals surface area contributed by atoms with Gasteiger partial charge in [-0.05, 0) is 56.0 Å². The summed E-state index contributed by atoms with van der Waals surface area (Å²) < 4.78 is 2.36. The van der Waals surface area contributed by atoms with Gasteiger partial charge in [-0.15, -0.1) is 11.3 Å². The Hall–Kier alpha value is -1.13. The number of aromatic nitrogens is 2. The molecule has 3 rings (SSSR count). The van der Waals surface area contributed by atoms with Crippen molar-refractivity contribution in [2.75, 3.05) is 0 Å². The van der Waals surface area contributed by atoms with Crippen molar-refractivity contribution in [3.63, 3.8) is 0 Å². The first-order valence-corrected chi connectivity index (χ1v) is 8.44. The number of rotatable bonds is 4. The average Bonchev–Trinajstić information content (AvgIpc) is 3.07. The maximum Gasteiger partial charge on any atom is 0.0958 e. The van der Waals surface area contributed by atoms with Crippen LogP contribution in [-0.2, 0) is 12.8 Å². The third-order valence-corrected chi connectivity index (χ3v) is 5.50. The fourth-order valence-corrected chi connectivity index (χ4v) is 4.27. The van der Waals surface area contributed by atoms with Crippen LogP contribution in [0.25, 0.3) is 0 Å². The van der Waals surface area contributed by atoms with Crippen molar-refractivity contribution in [2.45, 2.75) is 58.0 Å². The zero-order valence-corrected chi connectivity index (χ0v) is 13.1. The lowest BCUT2D eigenvalue weighted by molar-refractivity contribution is 0.446. The van der Waals surface area contributed by atoms with Crippen LogP contribution in [0.5, 0.6) is 0 Å². The average molecular weight is 289 g/mol. The van der Waals surface area contributed by atoms with Gasteiger partial charge in [-0.25, -0.2) is 4.98 Å². The van der Waals surface area contributed by atoms with E-state index in [1.54, 1.807) is 0 Å². The number of imidazole rings is 1. The molecule has 0 amide bonds. The number of hydrogen-bond donors (Lipinski definition) is 1. The van der Waals surface area contributed by atoms with Crippen LogP contribution in [0.15, 0.2) is 17.8 Å². The quantitative estimate of drug-likeness (QED) is 0.936. The van der Waals surface area contributed by atoms with Crippen LogP contribution in [0.2, 0.25) is 0 Å². The number of hydrogen-bond acceptors (Lipinski definition) is 3. The second-order valence-corrected chi connectivity index (χ2v) is 6.68. The van der Waals surface area contributed by atoms with Crippen molar-refractivity contribution in [3.8, 4) is 0 Å². The molecule has 2 heterocycles. The Morgan fingerprint density at radius 3 is 2.90 bits per heavy atom. The van der Waals surface area contributed by atoms with Crippen LogP contribution in [0.1, 0.15) is 54.1 Å². The number of fused-ring (bicyclic) bond motifs is 1. The summed E-state index contributed by atoms with van der Waals surface area (Å²) >= 11 is 1.82. The Kier molecular flexibility index (Phi) is 3.94. The SMILES string of the molecule is CCC(N)C(c1sccc1C)n1cnc2c1CCCC2. The molecule has 4 heteroatoms. The van der Waals surface area contributed by atoms with E-state index in [1.807, 2.05) is 17.7 Å². The minimum Gasteiger partial charge on any atom is -0.326 e. The summed E-state index contributed by atoms with van der Waals surface area (Å²) in [6, 6.07) is 2.58. The highest BCUT2D eigenvalue weighted by Gasteiger charge is 2.27. The lowest BCUT2D eigenvalue weighted by Gasteiger charge is -2.27. The van der Waals surface area contributed by atoms with Gasteiger partial charge in [0, 0.05) is 16.6 Å². The van der Waals surface area contributed by atoms with Gasteiger partial charge in [0.2, 0.25) is 0 Å². The predicted octanol–water partition coefficient (Wildman–Crippen LogP) is 3.46. The van der Waals surface area contributed by atoms with E-state index in [0.717, 1.165) is 19.3 Å². The highest BCUT2D eigenvalue weighted by molar-refractivity contribution is 7.10. The van der Waals surface area contributed by atoms with Crippen molar-refractivity contribution in [1.29, 1.82) is 0 Å². The third-order valence-electron chi connectivity index (χ3n) is 4.41. The lowest BCUT2D eigenvalue weighted by Crippen LogP contribution is -2.33. The van der Waals surface area contributed by atoms with E-state index in [2.05, 4.69) is 34.8 Å². The standard InChI is InChI=1S/C16H23N3S/c1-3-12(17)15(16-11(2)8-9-20-16)19-10-18-13-6-4-5-7-14(13)19/h8-10,12,15H,3-7,17H2,1-2H3. The van der Waals surface area contributed by atoms with Gasteiger partial charge in [-0.1, -0.05) is 6.92 Å². The van der Waals surface area contributed by atoms with Gasteiger partial charge in [-0.2, -0.15) is 0 Å². The fraction of sp³-hybridized carbons (Fsp3) is 0.562. The van der Waals surface area contributed by atoms with E-state index in [0.29, 0.717) is 0 Å². The van der Waals surface area contributed by atoms with Gasteiger partial charge in [0.1, 0.15) is 0 Å². The van der Waals surface area contributed by atoms with E-state index in [9.17, 15) is 0 Å². The summed E-state index contributed by atoms with van der Waals surface area (Å²) in [5.41, 5.74) is 10.5. The van der Waals surface area contributed by atoms with Crippen LogP contribution in [0, 0.1) is 6.92 Å². The molecule has 2 aromatic rings. The van der Waals surface area contributed by atoms with Gasteiger partial charge >= 0.3 is 0 Å². The van der Waals surface area contributed by atoms with Gasteiger partial charge in [0.25, 0.3) is 0 Å². The molecule has 2 aromatic heterocycles. The maximum absolute atomic E-state index is 6.46. The van der Waals surface area contributed by atoms with Crippen LogP contribution < -0.4 is 5.73 Å². The molecule has 1 aliphatic rings. The van der Waals surface area contributed by atoms with Gasteiger partial charge in [0.05, 0.1) is 18.1 Å². The van der Waals surface area contributed by atoms with Crippen LogP contribution in [-0.4, -0.2) is 15.6 Å². The van der Waals surface area contributed by atoms with E-state index in [-0.39, 0.29) is 12.1 Å². The molecule has 0 fully saturated rings. The lowest BCUT2D eigenvalue weighted by atomic mass is 9.98. The Bertz CT molecular complexity index is 584. The molecule has 0 aromatic carbocycles. The molecule has 20 heavy (non-hydrogen) atoms. The Morgan fingerprint density at radius 2 is 2.20 bits per heavy atom. The first kappa shape index (κ1) is 13.8. The first-order valence-electron chi connectivity index (χ1n) is 7.56. The van der Waals surface area contributed by atoms with Crippen molar-refractivity contribution < 1.29 is 0 Å². The topological polar surface area (TPSA) is 43.8 Å². The van der Waals surface area contributed by atoms with Crippen LogP contribution >= 0.6 is 11.3 Å². The molecule has 3 nitrogen and oxygen atoms in total. The smallest absolute Gasteiger partial charge is 0.0958 e. The zero-order valence-electron chi connectivity index (χ0n) is 12.3. The molecule has 0 bridgehead atoms. The molecule has 0 radical (unpaired) electrons. The fourth-order valence-electron chi connectivity index (χ4n) is 3.17. The Morgan fingerprint density at radius 1 is 1.40 bits per heavy atom. The van der Waals surface area contributed by atoms with Crippen molar-refractivity contribution in [3.05, 3.63) is 39.6 Å². The van der Waals surface area contributed by atoms with Gasteiger partial charge < -0.3 is 10.3 Å². The second kappa shape index (κ2) is 5.70. The summed E-state index contributed by atoms with van der Waals surface area (Å²) in [5.74, 6) is 0. The summed E-state index contributed by atoms with van der Waals surface area (Å²) in [6.07, 6.45) is 7.82. The normalized spacial score (nSPS) is 17.8. The maximum atomic E-state index is 6.46. The highest BCUT2D eigenvalue weighted by Crippen LogP contribution is 2.33. The van der Waals surface area contributed by atoms with Crippen molar-refractivity contribution in [1.82, 2.24) is 9.55 Å². The minimum absolute atomic E-state index is 0.146. The molecule has 0 aliphatic heterocycles. The molecule has 108 valence electrons. The first-order chi connectivity index (χ1) is 9.72. The van der Waals surface area contributed by atoms with Crippen LogP contribution in [0.3, 0.4) is 0 Å². The van der Waals surface area contributed by atoms with E-state index in [4.69, 9.17) is 5.73 Å². The van der Waals surface area contributed by atoms with Crippen molar-refractivity contribution in [2.24, 2.45) is 5.73 Å². The summed E-state index contributed by atoms with van der Waals surface area (Å²) in [5, 5.41) is 2.17. The number of nitrogens with two attached hydrogens (primary N) is 1. The van der Waals surface area contributed by atoms with E-state index >= 15 is 0 Å². The molecular weight excluding hydrogens is 266 g/mol.